The fourth-order valence-corrected chi connectivity index (χ4v) is 3.22. The Bertz CT molecular complexity index is 1140. The molecule has 5 nitrogen and oxygen atoms in total. The van der Waals surface area contributed by atoms with Crippen LogP contribution in [0.4, 0.5) is 5.69 Å². The van der Waals surface area contributed by atoms with Gasteiger partial charge in [-0.25, -0.2) is 4.68 Å². The van der Waals surface area contributed by atoms with Crippen LogP contribution in [0.15, 0.2) is 78.9 Å². The van der Waals surface area contributed by atoms with Crippen molar-refractivity contribution in [1.82, 2.24) is 15.0 Å². The highest BCUT2D eigenvalue weighted by Crippen LogP contribution is 2.28. The lowest BCUT2D eigenvalue weighted by molar-refractivity contribution is 0.102. The topological polar surface area (TPSA) is 59.8 Å². The second-order valence-corrected chi connectivity index (χ2v) is 6.72. The van der Waals surface area contributed by atoms with Gasteiger partial charge >= 0.3 is 0 Å². The molecule has 6 heteroatoms. The summed E-state index contributed by atoms with van der Waals surface area (Å²) in [6, 6.07) is 24.8. The van der Waals surface area contributed by atoms with Crippen LogP contribution in [0.1, 0.15) is 16.2 Å². The maximum absolute atomic E-state index is 12.9. The van der Waals surface area contributed by atoms with Crippen molar-refractivity contribution in [3.63, 3.8) is 0 Å². The molecule has 1 heterocycles. The minimum Gasteiger partial charge on any atom is -0.320 e. The van der Waals surface area contributed by atoms with E-state index in [1.54, 1.807) is 23.7 Å². The molecule has 0 aliphatic rings. The molecule has 0 aliphatic heterocycles. The fourth-order valence-electron chi connectivity index (χ4n) is 3.04. The lowest BCUT2D eigenvalue weighted by atomic mass is 10.0. The van der Waals surface area contributed by atoms with E-state index in [0.29, 0.717) is 10.7 Å². The molecule has 0 unspecified atom stereocenters. The molecule has 28 heavy (non-hydrogen) atoms. The quantitative estimate of drug-likeness (QED) is 0.526. The van der Waals surface area contributed by atoms with Crippen LogP contribution in [0.5, 0.6) is 0 Å². The zero-order valence-electron chi connectivity index (χ0n) is 15.1. The number of carbonyl (C=O) groups is 1. The number of halogens is 1. The van der Waals surface area contributed by atoms with Gasteiger partial charge in [0, 0.05) is 16.3 Å². The standard InChI is InChI=1S/C22H17ClN4O/c1-15-21(25-26-27(15)18-11-7-10-17(23)14-18)22(28)24-20-13-6-5-12-19(20)16-8-3-2-4-9-16/h2-14H,1H3,(H,24,28). The smallest absolute Gasteiger partial charge is 0.278 e. The van der Waals surface area contributed by atoms with E-state index in [4.69, 9.17) is 11.6 Å². The summed E-state index contributed by atoms with van der Waals surface area (Å²) in [5.74, 6) is -0.311. The molecule has 0 aliphatic carbocycles. The maximum atomic E-state index is 12.9. The molecule has 1 N–H and O–H groups in total. The Labute approximate surface area is 167 Å². The van der Waals surface area contributed by atoms with E-state index in [2.05, 4.69) is 15.6 Å². The van der Waals surface area contributed by atoms with Gasteiger partial charge in [-0.3, -0.25) is 4.79 Å². The first kappa shape index (κ1) is 17.9. The number of anilines is 1. The van der Waals surface area contributed by atoms with Crippen LogP contribution in [-0.4, -0.2) is 20.9 Å². The van der Waals surface area contributed by atoms with E-state index in [0.717, 1.165) is 22.5 Å². The van der Waals surface area contributed by atoms with Crippen LogP contribution >= 0.6 is 11.6 Å². The molecule has 1 aromatic heterocycles. The highest BCUT2D eigenvalue weighted by Gasteiger charge is 2.18. The van der Waals surface area contributed by atoms with Gasteiger partial charge in [0.2, 0.25) is 0 Å². The zero-order chi connectivity index (χ0) is 19.5. The minimum absolute atomic E-state index is 0.267. The Morgan fingerprint density at radius 3 is 2.50 bits per heavy atom. The number of rotatable bonds is 4. The Morgan fingerprint density at radius 1 is 0.964 bits per heavy atom. The van der Waals surface area contributed by atoms with Crippen molar-refractivity contribution in [1.29, 1.82) is 0 Å². The predicted octanol–water partition coefficient (Wildman–Crippen LogP) is 5.15. The summed E-state index contributed by atoms with van der Waals surface area (Å²) < 4.78 is 1.60. The number of hydrogen-bond donors (Lipinski definition) is 1. The summed E-state index contributed by atoms with van der Waals surface area (Å²) in [5.41, 5.74) is 4.34. The van der Waals surface area contributed by atoms with Gasteiger partial charge in [-0.15, -0.1) is 5.10 Å². The van der Waals surface area contributed by atoms with E-state index in [9.17, 15) is 4.79 Å². The number of benzene rings is 3. The fraction of sp³-hybridized carbons (Fsp3) is 0.0455. The molecule has 3 aromatic carbocycles. The van der Waals surface area contributed by atoms with Crippen LogP contribution in [-0.2, 0) is 0 Å². The third-order valence-corrected chi connectivity index (χ3v) is 4.66. The van der Waals surface area contributed by atoms with Crippen molar-refractivity contribution in [2.45, 2.75) is 6.92 Å². The van der Waals surface area contributed by atoms with Crippen molar-refractivity contribution in [2.24, 2.45) is 0 Å². The molecular formula is C22H17ClN4O. The van der Waals surface area contributed by atoms with E-state index >= 15 is 0 Å². The average Bonchev–Trinajstić information content (AvgIpc) is 3.10. The summed E-state index contributed by atoms with van der Waals surface area (Å²) in [4.78, 5) is 12.9. The number of hydrogen-bond acceptors (Lipinski definition) is 3. The molecule has 0 fully saturated rings. The number of nitrogens with zero attached hydrogens (tertiary/aromatic N) is 3. The first-order valence-corrected chi connectivity index (χ1v) is 9.15. The first-order chi connectivity index (χ1) is 13.6. The SMILES string of the molecule is Cc1c(C(=O)Nc2ccccc2-c2ccccc2)nnn1-c1cccc(Cl)c1. The summed E-state index contributed by atoms with van der Waals surface area (Å²) in [6.45, 7) is 1.80. The van der Waals surface area contributed by atoms with Crippen LogP contribution in [0.2, 0.25) is 5.02 Å². The van der Waals surface area contributed by atoms with Crippen molar-refractivity contribution >= 4 is 23.2 Å². The van der Waals surface area contributed by atoms with Gasteiger partial charge in [0.05, 0.1) is 11.4 Å². The molecule has 4 rings (SSSR count). The van der Waals surface area contributed by atoms with Crippen molar-refractivity contribution in [3.8, 4) is 16.8 Å². The van der Waals surface area contributed by atoms with Crippen LogP contribution < -0.4 is 5.32 Å². The van der Waals surface area contributed by atoms with Gasteiger partial charge in [-0.2, -0.15) is 0 Å². The zero-order valence-corrected chi connectivity index (χ0v) is 15.9. The molecule has 0 bridgehead atoms. The molecule has 0 atom stereocenters. The number of amides is 1. The second kappa shape index (κ2) is 7.66. The molecule has 0 spiro atoms. The molecule has 0 saturated carbocycles. The van der Waals surface area contributed by atoms with Crippen LogP contribution in [0.25, 0.3) is 16.8 Å². The first-order valence-electron chi connectivity index (χ1n) is 8.77. The third-order valence-electron chi connectivity index (χ3n) is 4.42. The van der Waals surface area contributed by atoms with Gasteiger partial charge in [0.1, 0.15) is 0 Å². The molecule has 4 aromatic rings. The van der Waals surface area contributed by atoms with E-state index < -0.39 is 0 Å². The second-order valence-electron chi connectivity index (χ2n) is 6.28. The summed E-state index contributed by atoms with van der Waals surface area (Å²) in [6.07, 6.45) is 0. The van der Waals surface area contributed by atoms with Gasteiger partial charge < -0.3 is 5.32 Å². The highest BCUT2D eigenvalue weighted by atomic mass is 35.5. The highest BCUT2D eigenvalue weighted by molar-refractivity contribution is 6.30. The Morgan fingerprint density at radius 2 is 1.71 bits per heavy atom. The lowest BCUT2D eigenvalue weighted by Crippen LogP contribution is -2.14. The van der Waals surface area contributed by atoms with Gasteiger partial charge in [0.25, 0.3) is 5.91 Å². The van der Waals surface area contributed by atoms with Crippen LogP contribution in [0.3, 0.4) is 0 Å². The largest absolute Gasteiger partial charge is 0.320 e. The van der Waals surface area contributed by atoms with Crippen molar-refractivity contribution < 1.29 is 4.79 Å². The number of carbonyl (C=O) groups excluding carboxylic acids is 1. The molecule has 0 saturated heterocycles. The third kappa shape index (κ3) is 3.52. The number of nitrogens with one attached hydrogen (secondary N) is 1. The number of aromatic nitrogens is 3. The van der Waals surface area contributed by atoms with E-state index in [1.807, 2.05) is 66.7 Å². The summed E-state index contributed by atoms with van der Waals surface area (Å²) >= 11 is 6.06. The Balaban J connectivity index is 1.64. The van der Waals surface area contributed by atoms with Crippen LogP contribution in [0, 0.1) is 6.92 Å². The minimum atomic E-state index is -0.311. The Kier molecular flexibility index (Phi) is 4.91. The molecular weight excluding hydrogens is 372 g/mol. The number of para-hydroxylation sites is 1. The van der Waals surface area contributed by atoms with Crippen molar-refractivity contribution in [2.75, 3.05) is 5.32 Å². The predicted molar refractivity (Wildman–Crippen MR) is 111 cm³/mol. The normalized spacial score (nSPS) is 10.6. The monoisotopic (exact) mass is 388 g/mol. The van der Waals surface area contributed by atoms with Gasteiger partial charge in [-0.05, 0) is 36.8 Å². The molecule has 0 radical (unpaired) electrons. The maximum Gasteiger partial charge on any atom is 0.278 e. The molecule has 138 valence electrons. The van der Waals surface area contributed by atoms with Gasteiger partial charge in [0.15, 0.2) is 5.69 Å². The Hall–Kier alpha value is -3.44. The van der Waals surface area contributed by atoms with Gasteiger partial charge in [-0.1, -0.05) is 71.4 Å². The summed E-state index contributed by atoms with van der Waals surface area (Å²) in [5, 5.41) is 11.7. The average molecular weight is 389 g/mol. The lowest BCUT2D eigenvalue weighted by Gasteiger charge is -2.11. The van der Waals surface area contributed by atoms with E-state index in [-0.39, 0.29) is 11.6 Å². The van der Waals surface area contributed by atoms with Crippen molar-refractivity contribution in [3.05, 3.63) is 95.3 Å². The molecule has 1 amide bonds. The van der Waals surface area contributed by atoms with E-state index in [1.165, 1.54) is 0 Å². The summed E-state index contributed by atoms with van der Waals surface area (Å²) in [7, 11) is 0.